The van der Waals surface area contributed by atoms with Gasteiger partial charge in [0, 0.05) is 24.0 Å². The van der Waals surface area contributed by atoms with Crippen LogP contribution < -0.4 is 5.43 Å². The summed E-state index contributed by atoms with van der Waals surface area (Å²) in [4.78, 5) is 24.5. The number of carboxylic acids is 1. The SMILES string of the molecule is Cc1cc(=O)c(C(=O)O)cn1C(C)CCN(C)C. The quantitative estimate of drug-likeness (QED) is 0.859. The molecular formula is C13H20N2O3. The highest BCUT2D eigenvalue weighted by molar-refractivity contribution is 5.87. The van der Waals surface area contributed by atoms with Gasteiger partial charge in [0.2, 0.25) is 0 Å². The number of hydrogen-bond donors (Lipinski definition) is 1. The third kappa shape index (κ3) is 3.43. The van der Waals surface area contributed by atoms with Gasteiger partial charge in [0.15, 0.2) is 5.43 Å². The molecule has 5 heteroatoms. The first kappa shape index (κ1) is 14.4. The Morgan fingerprint density at radius 3 is 2.61 bits per heavy atom. The van der Waals surface area contributed by atoms with Crippen molar-refractivity contribution >= 4 is 5.97 Å². The van der Waals surface area contributed by atoms with Gasteiger partial charge in [-0.15, -0.1) is 0 Å². The van der Waals surface area contributed by atoms with E-state index >= 15 is 0 Å². The molecule has 0 aliphatic rings. The van der Waals surface area contributed by atoms with E-state index in [-0.39, 0.29) is 11.6 Å². The van der Waals surface area contributed by atoms with Crippen LogP contribution >= 0.6 is 0 Å². The molecule has 1 unspecified atom stereocenters. The number of rotatable bonds is 5. The van der Waals surface area contributed by atoms with Gasteiger partial charge in [-0.25, -0.2) is 4.79 Å². The van der Waals surface area contributed by atoms with E-state index in [0.717, 1.165) is 18.7 Å². The zero-order valence-corrected chi connectivity index (χ0v) is 11.3. The fourth-order valence-electron chi connectivity index (χ4n) is 1.87. The van der Waals surface area contributed by atoms with E-state index < -0.39 is 11.4 Å². The molecule has 0 amide bonds. The van der Waals surface area contributed by atoms with Gasteiger partial charge in [0.05, 0.1) is 0 Å². The average molecular weight is 252 g/mol. The molecular weight excluding hydrogens is 232 g/mol. The molecule has 0 aliphatic carbocycles. The maximum absolute atomic E-state index is 11.5. The van der Waals surface area contributed by atoms with Crippen molar-refractivity contribution in [1.82, 2.24) is 9.47 Å². The number of aromatic nitrogens is 1. The van der Waals surface area contributed by atoms with Crippen LogP contribution in [0.15, 0.2) is 17.1 Å². The monoisotopic (exact) mass is 252 g/mol. The molecule has 0 saturated carbocycles. The van der Waals surface area contributed by atoms with Crippen LogP contribution in [0.4, 0.5) is 0 Å². The Bertz CT molecular complexity index is 491. The van der Waals surface area contributed by atoms with Gasteiger partial charge in [-0.1, -0.05) is 0 Å². The van der Waals surface area contributed by atoms with Gasteiger partial charge in [-0.3, -0.25) is 4.79 Å². The molecule has 0 radical (unpaired) electrons. The van der Waals surface area contributed by atoms with Crippen LogP contribution in [-0.4, -0.2) is 41.2 Å². The number of carbonyl (C=O) groups is 1. The summed E-state index contributed by atoms with van der Waals surface area (Å²) in [7, 11) is 3.99. The Kier molecular flexibility index (Phi) is 4.67. The molecule has 0 aliphatic heterocycles. The maximum Gasteiger partial charge on any atom is 0.341 e. The lowest BCUT2D eigenvalue weighted by atomic mass is 10.1. The van der Waals surface area contributed by atoms with Gasteiger partial charge >= 0.3 is 5.97 Å². The number of pyridine rings is 1. The summed E-state index contributed by atoms with van der Waals surface area (Å²) >= 11 is 0. The van der Waals surface area contributed by atoms with Crippen LogP contribution in [0.25, 0.3) is 0 Å². The molecule has 1 aromatic rings. The molecule has 1 heterocycles. The second-order valence-corrected chi connectivity index (χ2v) is 4.85. The van der Waals surface area contributed by atoms with E-state index in [1.54, 1.807) is 0 Å². The standard InChI is InChI=1S/C13H20N2O3/c1-9(5-6-14(3)4)15-8-11(13(17)18)12(16)7-10(15)2/h7-9H,5-6H2,1-4H3,(H,17,18). The van der Waals surface area contributed by atoms with Crippen molar-refractivity contribution in [2.24, 2.45) is 0 Å². The van der Waals surface area contributed by atoms with E-state index in [2.05, 4.69) is 4.90 Å². The third-order valence-corrected chi connectivity index (χ3v) is 2.98. The summed E-state index contributed by atoms with van der Waals surface area (Å²) in [5, 5.41) is 8.96. The van der Waals surface area contributed by atoms with Gasteiger partial charge in [0.1, 0.15) is 5.56 Å². The van der Waals surface area contributed by atoms with Crippen LogP contribution in [-0.2, 0) is 0 Å². The largest absolute Gasteiger partial charge is 0.477 e. The van der Waals surface area contributed by atoms with Crippen LogP contribution in [0.2, 0.25) is 0 Å². The molecule has 18 heavy (non-hydrogen) atoms. The molecule has 1 aromatic heterocycles. The minimum atomic E-state index is -1.17. The molecule has 100 valence electrons. The minimum absolute atomic E-state index is 0.158. The number of aromatic carboxylic acids is 1. The molecule has 1 N–H and O–H groups in total. The van der Waals surface area contributed by atoms with E-state index in [1.807, 2.05) is 32.5 Å². The lowest BCUT2D eigenvalue weighted by Crippen LogP contribution is -2.23. The van der Waals surface area contributed by atoms with Crippen LogP contribution in [0.5, 0.6) is 0 Å². The average Bonchev–Trinajstić information content (AvgIpc) is 2.25. The second-order valence-electron chi connectivity index (χ2n) is 4.85. The van der Waals surface area contributed by atoms with Crippen LogP contribution in [0, 0.1) is 6.92 Å². The summed E-state index contributed by atoms with van der Waals surface area (Å²) < 4.78 is 1.86. The van der Waals surface area contributed by atoms with Crippen molar-refractivity contribution in [3.05, 3.63) is 33.7 Å². The number of nitrogens with zero attached hydrogens (tertiary/aromatic N) is 2. The molecule has 1 rings (SSSR count). The number of hydrogen-bond acceptors (Lipinski definition) is 3. The van der Waals surface area contributed by atoms with Gasteiger partial charge < -0.3 is 14.6 Å². The van der Waals surface area contributed by atoms with Crippen molar-refractivity contribution in [2.75, 3.05) is 20.6 Å². The number of carboxylic acid groups (broad SMARTS) is 1. The highest BCUT2D eigenvalue weighted by atomic mass is 16.4. The summed E-state index contributed by atoms with van der Waals surface area (Å²) in [5.74, 6) is -1.17. The Balaban J connectivity index is 3.04. The van der Waals surface area contributed by atoms with E-state index in [4.69, 9.17) is 5.11 Å². The first-order chi connectivity index (χ1) is 8.32. The summed E-state index contributed by atoms with van der Waals surface area (Å²) in [6.07, 6.45) is 2.34. The molecule has 0 fully saturated rings. The van der Waals surface area contributed by atoms with E-state index in [9.17, 15) is 9.59 Å². The highest BCUT2D eigenvalue weighted by Crippen LogP contribution is 2.13. The van der Waals surface area contributed by atoms with Gasteiger partial charge in [0.25, 0.3) is 0 Å². The molecule has 1 atom stereocenters. The molecule has 0 saturated heterocycles. The predicted octanol–water partition coefficient (Wildman–Crippen LogP) is 1.37. The normalized spacial score (nSPS) is 12.7. The van der Waals surface area contributed by atoms with Crippen molar-refractivity contribution in [1.29, 1.82) is 0 Å². The first-order valence-electron chi connectivity index (χ1n) is 5.93. The van der Waals surface area contributed by atoms with Crippen molar-refractivity contribution in [2.45, 2.75) is 26.3 Å². The lowest BCUT2D eigenvalue weighted by Gasteiger charge is -2.21. The fraction of sp³-hybridized carbons (Fsp3) is 0.538. The number of aryl methyl sites for hydroxylation is 1. The van der Waals surface area contributed by atoms with Crippen molar-refractivity contribution < 1.29 is 9.90 Å². The second kappa shape index (κ2) is 5.82. The fourth-order valence-corrected chi connectivity index (χ4v) is 1.87. The molecule has 0 bridgehead atoms. The van der Waals surface area contributed by atoms with E-state index in [0.29, 0.717) is 0 Å². The smallest absolute Gasteiger partial charge is 0.341 e. The summed E-state index contributed by atoms with van der Waals surface area (Å²) in [5.41, 5.74) is 0.185. The predicted molar refractivity (Wildman–Crippen MR) is 70.3 cm³/mol. The maximum atomic E-state index is 11.5. The van der Waals surface area contributed by atoms with Crippen LogP contribution in [0.3, 0.4) is 0 Å². The van der Waals surface area contributed by atoms with Crippen molar-refractivity contribution in [3.8, 4) is 0 Å². The topological polar surface area (TPSA) is 62.5 Å². The Morgan fingerprint density at radius 1 is 1.50 bits per heavy atom. The minimum Gasteiger partial charge on any atom is -0.477 e. The van der Waals surface area contributed by atoms with Gasteiger partial charge in [-0.05, 0) is 40.9 Å². The first-order valence-corrected chi connectivity index (χ1v) is 5.93. The zero-order chi connectivity index (χ0) is 13.9. The third-order valence-electron chi connectivity index (χ3n) is 2.98. The summed E-state index contributed by atoms with van der Waals surface area (Å²) in [6.45, 7) is 4.75. The molecule has 5 nitrogen and oxygen atoms in total. The molecule has 0 aromatic carbocycles. The highest BCUT2D eigenvalue weighted by Gasteiger charge is 2.13. The Labute approximate surface area is 107 Å². The summed E-state index contributed by atoms with van der Waals surface area (Å²) in [6, 6.07) is 1.54. The molecule has 0 spiro atoms. The zero-order valence-electron chi connectivity index (χ0n) is 11.3. The van der Waals surface area contributed by atoms with Crippen LogP contribution in [0.1, 0.15) is 35.4 Å². The van der Waals surface area contributed by atoms with E-state index in [1.165, 1.54) is 12.3 Å². The van der Waals surface area contributed by atoms with Gasteiger partial charge in [-0.2, -0.15) is 0 Å². The Morgan fingerprint density at radius 2 is 2.11 bits per heavy atom. The lowest BCUT2D eigenvalue weighted by molar-refractivity contribution is 0.0694. The Hall–Kier alpha value is -1.62. The van der Waals surface area contributed by atoms with Crippen molar-refractivity contribution in [3.63, 3.8) is 0 Å².